The summed E-state index contributed by atoms with van der Waals surface area (Å²) in [7, 11) is 0. The molecule has 0 saturated carbocycles. The number of carbonyl (C=O) groups excluding carboxylic acids is 1. The van der Waals surface area contributed by atoms with Gasteiger partial charge in [-0.05, 0) is 13.0 Å². The molecule has 0 atom stereocenters. The smallest absolute Gasteiger partial charge is 0.401 e. The van der Waals surface area contributed by atoms with Crippen molar-refractivity contribution < 1.29 is 22.7 Å². The molecule has 106 valence electrons. The zero-order valence-corrected chi connectivity index (χ0v) is 10.4. The summed E-state index contributed by atoms with van der Waals surface area (Å²) in [6.07, 6.45) is -4.22. The number of carbonyl (C=O) groups is 1. The van der Waals surface area contributed by atoms with Gasteiger partial charge in [-0.1, -0.05) is 0 Å². The lowest BCUT2D eigenvalue weighted by molar-refractivity contribution is -0.148. The molecule has 5 nitrogen and oxygen atoms in total. The van der Waals surface area contributed by atoms with Gasteiger partial charge in [-0.15, -0.1) is 0 Å². The van der Waals surface area contributed by atoms with Crippen molar-refractivity contribution in [2.24, 2.45) is 0 Å². The first-order valence-corrected chi connectivity index (χ1v) is 5.92. The van der Waals surface area contributed by atoms with Gasteiger partial charge in [0, 0.05) is 13.1 Å². The highest BCUT2D eigenvalue weighted by atomic mass is 19.4. The van der Waals surface area contributed by atoms with E-state index in [1.807, 2.05) is 0 Å². The number of hydrogen-bond acceptors (Lipinski definition) is 4. The fourth-order valence-corrected chi connectivity index (χ4v) is 2.01. The fourth-order valence-electron chi connectivity index (χ4n) is 2.01. The lowest BCUT2D eigenvalue weighted by atomic mass is 10.3. The number of ether oxygens (including phenoxy) is 1. The van der Waals surface area contributed by atoms with E-state index < -0.39 is 18.7 Å². The van der Waals surface area contributed by atoms with E-state index >= 15 is 0 Å². The summed E-state index contributed by atoms with van der Waals surface area (Å²) < 4.78 is 43.3. The first kappa shape index (κ1) is 13.9. The zero-order valence-electron chi connectivity index (χ0n) is 10.4. The molecule has 19 heavy (non-hydrogen) atoms. The average molecular weight is 277 g/mol. The SMILES string of the molecule is CCOC(=O)c1cc2n(n1)CCN(CC(F)(F)F)C2. The Kier molecular flexibility index (Phi) is 3.79. The molecule has 0 amide bonds. The van der Waals surface area contributed by atoms with Crippen molar-refractivity contribution in [3.8, 4) is 0 Å². The van der Waals surface area contributed by atoms with Crippen molar-refractivity contribution in [3.63, 3.8) is 0 Å². The van der Waals surface area contributed by atoms with Gasteiger partial charge in [-0.3, -0.25) is 9.58 Å². The van der Waals surface area contributed by atoms with E-state index in [4.69, 9.17) is 4.74 Å². The maximum atomic E-state index is 12.3. The molecule has 0 fully saturated rings. The highest BCUT2D eigenvalue weighted by Gasteiger charge is 2.32. The van der Waals surface area contributed by atoms with Crippen LogP contribution in [0.3, 0.4) is 0 Å². The number of fused-ring (bicyclic) bond motifs is 1. The predicted octanol–water partition coefficient (Wildman–Crippen LogP) is 1.44. The van der Waals surface area contributed by atoms with Crippen LogP contribution in [0.5, 0.6) is 0 Å². The van der Waals surface area contributed by atoms with E-state index in [0.717, 1.165) is 0 Å². The summed E-state index contributed by atoms with van der Waals surface area (Å²) in [6, 6.07) is 1.49. The first-order valence-electron chi connectivity index (χ1n) is 5.92. The third-order valence-electron chi connectivity index (χ3n) is 2.76. The largest absolute Gasteiger partial charge is 0.461 e. The Hall–Kier alpha value is -1.57. The van der Waals surface area contributed by atoms with Crippen LogP contribution in [0.15, 0.2) is 6.07 Å². The number of nitrogens with zero attached hydrogens (tertiary/aromatic N) is 3. The minimum atomic E-state index is -4.22. The Morgan fingerprint density at radius 1 is 1.47 bits per heavy atom. The van der Waals surface area contributed by atoms with Gasteiger partial charge in [-0.25, -0.2) is 4.79 Å². The van der Waals surface area contributed by atoms with Gasteiger partial charge in [0.05, 0.1) is 25.4 Å². The Bertz CT molecular complexity index is 470. The predicted molar refractivity (Wildman–Crippen MR) is 59.5 cm³/mol. The van der Waals surface area contributed by atoms with E-state index in [-0.39, 0.29) is 25.4 Å². The summed E-state index contributed by atoms with van der Waals surface area (Å²) in [4.78, 5) is 12.8. The average Bonchev–Trinajstić information content (AvgIpc) is 2.70. The maximum absolute atomic E-state index is 12.3. The minimum absolute atomic E-state index is 0.131. The Morgan fingerprint density at radius 2 is 2.21 bits per heavy atom. The molecule has 2 heterocycles. The van der Waals surface area contributed by atoms with E-state index in [1.54, 1.807) is 11.6 Å². The fraction of sp³-hybridized carbons (Fsp3) is 0.636. The van der Waals surface area contributed by atoms with Gasteiger partial charge in [0.15, 0.2) is 5.69 Å². The van der Waals surface area contributed by atoms with Gasteiger partial charge in [0.2, 0.25) is 0 Å². The van der Waals surface area contributed by atoms with Crippen LogP contribution in [0, 0.1) is 0 Å². The number of halogens is 3. The molecule has 0 spiro atoms. The Labute approximate surface area is 107 Å². The van der Waals surface area contributed by atoms with E-state index in [1.165, 1.54) is 11.0 Å². The molecule has 1 aliphatic rings. The van der Waals surface area contributed by atoms with Gasteiger partial charge in [-0.2, -0.15) is 18.3 Å². The van der Waals surface area contributed by atoms with Gasteiger partial charge in [0.25, 0.3) is 0 Å². The molecule has 0 unspecified atom stereocenters. The molecule has 0 aliphatic carbocycles. The number of alkyl halides is 3. The molecular formula is C11H14F3N3O2. The molecule has 0 radical (unpaired) electrons. The normalized spacial score (nSPS) is 16.2. The monoisotopic (exact) mass is 277 g/mol. The number of rotatable bonds is 3. The lowest BCUT2D eigenvalue weighted by Crippen LogP contribution is -2.39. The van der Waals surface area contributed by atoms with Crippen LogP contribution >= 0.6 is 0 Å². The summed E-state index contributed by atoms with van der Waals surface area (Å²) in [5.74, 6) is -0.549. The second-order valence-corrected chi connectivity index (χ2v) is 4.29. The lowest BCUT2D eigenvalue weighted by Gasteiger charge is -2.27. The third kappa shape index (κ3) is 3.46. The van der Waals surface area contributed by atoms with E-state index in [0.29, 0.717) is 12.2 Å². The molecule has 1 aromatic rings. The molecular weight excluding hydrogens is 263 g/mol. The third-order valence-corrected chi connectivity index (χ3v) is 2.76. The summed E-state index contributed by atoms with van der Waals surface area (Å²) >= 11 is 0. The highest BCUT2D eigenvalue weighted by Crippen LogP contribution is 2.21. The second kappa shape index (κ2) is 5.20. The van der Waals surface area contributed by atoms with Crippen molar-refractivity contribution in [2.75, 3.05) is 19.7 Å². The Balaban J connectivity index is 2.07. The molecule has 0 aromatic carbocycles. The number of esters is 1. The van der Waals surface area contributed by atoms with Crippen LogP contribution in [-0.2, 0) is 17.8 Å². The van der Waals surface area contributed by atoms with Crippen LogP contribution in [0.1, 0.15) is 23.1 Å². The van der Waals surface area contributed by atoms with E-state index in [2.05, 4.69) is 5.10 Å². The number of hydrogen-bond donors (Lipinski definition) is 0. The van der Waals surface area contributed by atoms with Crippen molar-refractivity contribution >= 4 is 5.97 Å². The molecule has 0 saturated heterocycles. The van der Waals surface area contributed by atoms with Gasteiger partial charge >= 0.3 is 12.1 Å². The van der Waals surface area contributed by atoms with Crippen LogP contribution < -0.4 is 0 Å². The molecule has 0 bridgehead atoms. The number of aromatic nitrogens is 2. The quantitative estimate of drug-likeness (QED) is 0.784. The topological polar surface area (TPSA) is 47.4 Å². The van der Waals surface area contributed by atoms with Crippen molar-refractivity contribution in [2.45, 2.75) is 26.2 Å². The van der Waals surface area contributed by atoms with Crippen molar-refractivity contribution in [1.29, 1.82) is 0 Å². The van der Waals surface area contributed by atoms with Gasteiger partial charge in [0.1, 0.15) is 0 Å². The summed E-state index contributed by atoms with van der Waals surface area (Å²) in [5, 5.41) is 4.03. The minimum Gasteiger partial charge on any atom is -0.461 e. The molecule has 1 aromatic heterocycles. The first-order chi connectivity index (χ1) is 8.89. The van der Waals surface area contributed by atoms with Crippen LogP contribution in [0.25, 0.3) is 0 Å². The molecule has 0 N–H and O–H groups in total. The van der Waals surface area contributed by atoms with Crippen molar-refractivity contribution in [1.82, 2.24) is 14.7 Å². The van der Waals surface area contributed by atoms with Crippen LogP contribution in [-0.4, -0.2) is 46.5 Å². The van der Waals surface area contributed by atoms with Crippen molar-refractivity contribution in [3.05, 3.63) is 17.5 Å². The molecule has 8 heteroatoms. The van der Waals surface area contributed by atoms with Crippen LogP contribution in [0.2, 0.25) is 0 Å². The zero-order chi connectivity index (χ0) is 14.0. The van der Waals surface area contributed by atoms with Crippen LogP contribution in [0.4, 0.5) is 13.2 Å². The standard InChI is InChI=1S/C11H14F3N3O2/c1-2-19-10(18)9-5-8-6-16(7-11(12,13)14)3-4-17(8)15-9/h5H,2-4,6-7H2,1H3. The van der Waals surface area contributed by atoms with E-state index in [9.17, 15) is 18.0 Å². The molecule has 1 aliphatic heterocycles. The Morgan fingerprint density at radius 3 is 2.84 bits per heavy atom. The summed E-state index contributed by atoms with van der Waals surface area (Å²) in [6.45, 7) is 1.69. The van der Waals surface area contributed by atoms with Gasteiger partial charge < -0.3 is 4.74 Å². The summed E-state index contributed by atoms with van der Waals surface area (Å²) in [5.41, 5.74) is 0.740. The molecule has 2 rings (SSSR count). The second-order valence-electron chi connectivity index (χ2n) is 4.29. The highest BCUT2D eigenvalue weighted by molar-refractivity contribution is 5.87. The maximum Gasteiger partial charge on any atom is 0.401 e.